The van der Waals surface area contributed by atoms with Gasteiger partial charge in [0, 0.05) is 0 Å². The summed E-state index contributed by atoms with van der Waals surface area (Å²) in [4.78, 5) is 0. The maximum absolute atomic E-state index is 4.73. The summed E-state index contributed by atoms with van der Waals surface area (Å²) in [6.45, 7) is 3.97. The first kappa shape index (κ1) is 13.9. The number of hydrogen-bond acceptors (Lipinski definition) is 8. The Balaban J connectivity index is 1.88. The van der Waals surface area contributed by atoms with Gasteiger partial charge in [0.2, 0.25) is 11.6 Å². The van der Waals surface area contributed by atoms with E-state index in [-0.39, 0.29) is 0 Å². The van der Waals surface area contributed by atoms with E-state index in [0.29, 0.717) is 29.6 Å². The first-order valence-electron chi connectivity index (χ1n) is 6.55. The van der Waals surface area contributed by atoms with Crippen molar-refractivity contribution >= 4 is 11.6 Å². The summed E-state index contributed by atoms with van der Waals surface area (Å²) in [6.07, 6.45) is 0. The molecule has 0 aliphatic carbocycles. The molecule has 9 heteroatoms. The average Bonchev–Trinajstić information content (AvgIpc) is 3.13. The van der Waals surface area contributed by atoms with Gasteiger partial charge < -0.3 is 0 Å². The quantitative estimate of drug-likeness (QED) is 0.526. The number of aromatic nitrogens is 4. The van der Waals surface area contributed by atoms with E-state index in [1.54, 1.807) is 18.9 Å². The van der Waals surface area contributed by atoms with Crippen LogP contribution in [0.1, 0.15) is 17.0 Å². The molecule has 0 fully saturated rings. The highest BCUT2D eigenvalue weighted by Gasteiger charge is 2.16. The topological polar surface area (TPSA) is 106 Å². The molecule has 0 amide bonds. The standard InChI is InChI=1S/C13H13N7O2/c1-9-12(17-21-15-9)14-19-20(13-10(2)16-22-18-13)8-11-6-4-3-5-7-11/h3-7H,8H2,1-2H3. The highest BCUT2D eigenvalue weighted by atomic mass is 16.6. The number of nitrogens with zero attached hydrogens (tertiary/aromatic N) is 7. The molecule has 2 aromatic heterocycles. The van der Waals surface area contributed by atoms with Gasteiger partial charge in [0.15, 0.2) is 0 Å². The van der Waals surface area contributed by atoms with Crippen molar-refractivity contribution in [3.8, 4) is 0 Å². The van der Waals surface area contributed by atoms with Crippen molar-refractivity contribution in [3.63, 3.8) is 0 Å². The molecule has 0 unspecified atom stereocenters. The molecule has 0 bridgehead atoms. The second-order valence-corrected chi connectivity index (χ2v) is 4.58. The van der Waals surface area contributed by atoms with Crippen molar-refractivity contribution in [2.24, 2.45) is 10.3 Å². The summed E-state index contributed by atoms with van der Waals surface area (Å²) >= 11 is 0. The number of benzene rings is 1. The van der Waals surface area contributed by atoms with E-state index in [1.165, 1.54) is 0 Å². The first-order valence-corrected chi connectivity index (χ1v) is 6.55. The SMILES string of the molecule is Cc1nonc1N=NN(Cc1ccccc1)c1nonc1C. The van der Waals surface area contributed by atoms with Crippen LogP contribution in [0.15, 0.2) is 49.9 Å². The van der Waals surface area contributed by atoms with Gasteiger partial charge in [-0.2, -0.15) is 0 Å². The average molecular weight is 299 g/mol. The third kappa shape index (κ3) is 2.97. The highest BCUT2D eigenvalue weighted by Crippen LogP contribution is 2.20. The van der Waals surface area contributed by atoms with Gasteiger partial charge in [-0.05, 0) is 29.7 Å². The second kappa shape index (κ2) is 6.12. The number of hydrogen-bond donors (Lipinski definition) is 0. The van der Waals surface area contributed by atoms with Crippen LogP contribution in [-0.2, 0) is 6.54 Å². The lowest BCUT2D eigenvalue weighted by atomic mass is 10.2. The zero-order chi connectivity index (χ0) is 15.4. The van der Waals surface area contributed by atoms with Gasteiger partial charge in [-0.1, -0.05) is 45.9 Å². The molecule has 0 aliphatic heterocycles. The maximum Gasteiger partial charge on any atom is 0.242 e. The van der Waals surface area contributed by atoms with Gasteiger partial charge in [0.1, 0.15) is 11.4 Å². The van der Waals surface area contributed by atoms with Crippen LogP contribution in [0.3, 0.4) is 0 Å². The van der Waals surface area contributed by atoms with Crippen LogP contribution in [0.25, 0.3) is 0 Å². The van der Waals surface area contributed by atoms with Crippen molar-refractivity contribution in [3.05, 3.63) is 47.3 Å². The molecule has 0 N–H and O–H groups in total. The van der Waals surface area contributed by atoms with E-state index in [9.17, 15) is 0 Å². The zero-order valence-corrected chi connectivity index (χ0v) is 12.0. The summed E-state index contributed by atoms with van der Waals surface area (Å²) in [5, 5.41) is 24.7. The Bertz CT molecular complexity index is 766. The lowest BCUT2D eigenvalue weighted by molar-refractivity contribution is 0.304. The highest BCUT2D eigenvalue weighted by molar-refractivity contribution is 5.41. The van der Waals surface area contributed by atoms with Gasteiger partial charge >= 0.3 is 0 Å². The Morgan fingerprint density at radius 2 is 1.68 bits per heavy atom. The maximum atomic E-state index is 4.73. The van der Waals surface area contributed by atoms with Gasteiger partial charge in [0.05, 0.1) is 6.54 Å². The fourth-order valence-corrected chi connectivity index (χ4v) is 1.78. The smallest absolute Gasteiger partial charge is 0.242 e. The molecule has 0 radical (unpaired) electrons. The van der Waals surface area contributed by atoms with Crippen molar-refractivity contribution in [2.75, 3.05) is 5.01 Å². The summed E-state index contributed by atoms with van der Waals surface area (Å²) in [7, 11) is 0. The monoisotopic (exact) mass is 299 g/mol. The Labute approximate surface area is 125 Å². The molecule has 3 aromatic rings. The van der Waals surface area contributed by atoms with E-state index < -0.39 is 0 Å². The van der Waals surface area contributed by atoms with E-state index in [1.807, 2.05) is 30.3 Å². The number of anilines is 1. The first-order chi connectivity index (χ1) is 10.7. The van der Waals surface area contributed by atoms with Crippen LogP contribution < -0.4 is 5.01 Å². The van der Waals surface area contributed by atoms with E-state index in [2.05, 4.69) is 35.6 Å². The van der Waals surface area contributed by atoms with Gasteiger partial charge in [0.25, 0.3) is 0 Å². The Morgan fingerprint density at radius 1 is 0.955 bits per heavy atom. The number of rotatable bonds is 5. The predicted octanol–water partition coefficient (Wildman–Crippen LogP) is 2.77. The van der Waals surface area contributed by atoms with Crippen molar-refractivity contribution in [1.82, 2.24) is 20.6 Å². The Morgan fingerprint density at radius 3 is 2.32 bits per heavy atom. The molecular weight excluding hydrogens is 286 g/mol. The molecule has 0 atom stereocenters. The van der Waals surface area contributed by atoms with Crippen LogP contribution in [0, 0.1) is 13.8 Å². The predicted molar refractivity (Wildman–Crippen MR) is 75.2 cm³/mol. The van der Waals surface area contributed by atoms with Crippen LogP contribution in [0.2, 0.25) is 0 Å². The molecular formula is C13H13N7O2. The molecule has 0 spiro atoms. The van der Waals surface area contributed by atoms with Crippen LogP contribution >= 0.6 is 0 Å². The minimum atomic E-state index is 0.312. The summed E-state index contributed by atoms with van der Waals surface area (Å²) in [5.74, 6) is 0.800. The van der Waals surface area contributed by atoms with Gasteiger partial charge in [-0.15, -0.1) is 5.11 Å². The molecule has 0 aliphatic rings. The molecule has 112 valence electrons. The molecule has 0 saturated carbocycles. The zero-order valence-electron chi connectivity index (χ0n) is 12.0. The minimum absolute atomic E-state index is 0.312. The largest absolute Gasteiger partial charge is 0.242 e. The summed E-state index contributed by atoms with van der Waals surface area (Å²) in [6, 6.07) is 9.81. The van der Waals surface area contributed by atoms with Gasteiger partial charge in [-0.3, -0.25) is 0 Å². The normalized spacial score (nSPS) is 11.2. The van der Waals surface area contributed by atoms with Crippen LogP contribution in [0.5, 0.6) is 0 Å². The van der Waals surface area contributed by atoms with Crippen molar-refractivity contribution < 1.29 is 9.26 Å². The lowest BCUT2D eigenvalue weighted by Gasteiger charge is -2.14. The minimum Gasteiger partial charge on any atom is -0.242 e. The van der Waals surface area contributed by atoms with Crippen molar-refractivity contribution in [2.45, 2.75) is 20.4 Å². The summed E-state index contributed by atoms with van der Waals surface area (Å²) < 4.78 is 9.33. The summed E-state index contributed by atoms with van der Waals surface area (Å²) in [5.41, 5.74) is 2.21. The fraction of sp³-hybridized carbons (Fsp3) is 0.231. The van der Waals surface area contributed by atoms with E-state index >= 15 is 0 Å². The fourth-order valence-electron chi connectivity index (χ4n) is 1.78. The third-order valence-corrected chi connectivity index (χ3v) is 2.92. The second-order valence-electron chi connectivity index (χ2n) is 4.58. The lowest BCUT2D eigenvalue weighted by Crippen LogP contribution is -2.16. The molecule has 22 heavy (non-hydrogen) atoms. The van der Waals surface area contributed by atoms with Crippen LogP contribution in [-0.4, -0.2) is 20.6 Å². The Kier molecular flexibility index (Phi) is 3.86. The van der Waals surface area contributed by atoms with Crippen molar-refractivity contribution in [1.29, 1.82) is 0 Å². The number of aryl methyl sites for hydroxylation is 2. The molecule has 1 aromatic carbocycles. The molecule has 3 rings (SSSR count). The third-order valence-electron chi connectivity index (χ3n) is 2.92. The van der Waals surface area contributed by atoms with E-state index in [4.69, 9.17) is 4.63 Å². The molecule has 0 saturated heterocycles. The Hall–Kier alpha value is -3.10. The molecule has 2 heterocycles. The van der Waals surface area contributed by atoms with Crippen LogP contribution in [0.4, 0.5) is 11.6 Å². The van der Waals surface area contributed by atoms with Gasteiger partial charge in [-0.25, -0.2) is 14.3 Å². The van der Waals surface area contributed by atoms with E-state index in [0.717, 1.165) is 5.56 Å². The molecule has 9 nitrogen and oxygen atoms in total.